The summed E-state index contributed by atoms with van der Waals surface area (Å²) in [7, 11) is -3.66. The number of aryl methyl sites for hydroxylation is 1. The van der Waals surface area contributed by atoms with Crippen LogP contribution in [0.1, 0.15) is 17.6 Å². The van der Waals surface area contributed by atoms with Crippen LogP contribution in [-0.4, -0.2) is 24.9 Å². The van der Waals surface area contributed by atoms with Crippen molar-refractivity contribution >= 4 is 43.1 Å². The van der Waals surface area contributed by atoms with Gasteiger partial charge in [-0.15, -0.1) is 11.3 Å². The first-order chi connectivity index (χ1) is 9.92. The molecule has 2 rings (SSSR count). The van der Waals surface area contributed by atoms with Gasteiger partial charge in [-0.2, -0.15) is 0 Å². The SMILES string of the molecule is CCNc1ncc(Br)cc1S(=O)(=O)NCc1csc(C)n1. The molecule has 2 heterocycles. The number of anilines is 1. The van der Waals surface area contributed by atoms with Gasteiger partial charge < -0.3 is 5.32 Å². The molecule has 114 valence electrons. The van der Waals surface area contributed by atoms with Crippen molar-refractivity contribution in [3.63, 3.8) is 0 Å². The van der Waals surface area contributed by atoms with Gasteiger partial charge in [0.2, 0.25) is 10.0 Å². The van der Waals surface area contributed by atoms with Gasteiger partial charge in [-0.1, -0.05) is 0 Å². The van der Waals surface area contributed by atoms with Crippen molar-refractivity contribution in [2.24, 2.45) is 0 Å². The van der Waals surface area contributed by atoms with Crippen molar-refractivity contribution in [1.29, 1.82) is 0 Å². The van der Waals surface area contributed by atoms with Crippen LogP contribution < -0.4 is 10.0 Å². The Morgan fingerprint density at radius 2 is 2.19 bits per heavy atom. The highest BCUT2D eigenvalue weighted by molar-refractivity contribution is 9.10. The summed E-state index contributed by atoms with van der Waals surface area (Å²) in [6.45, 7) is 4.50. The predicted molar refractivity (Wildman–Crippen MR) is 87.0 cm³/mol. The molecule has 9 heteroatoms. The van der Waals surface area contributed by atoms with Crippen LogP contribution in [0.2, 0.25) is 0 Å². The van der Waals surface area contributed by atoms with Crippen molar-refractivity contribution in [2.75, 3.05) is 11.9 Å². The van der Waals surface area contributed by atoms with Crippen molar-refractivity contribution in [1.82, 2.24) is 14.7 Å². The van der Waals surface area contributed by atoms with Crippen LogP contribution in [0.3, 0.4) is 0 Å². The zero-order chi connectivity index (χ0) is 15.5. The maximum Gasteiger partial charge on any atom is 0.244 e. The maximum atomic E-state index is 12.4. The first-order valence-electron chi connectivity index (χ1n) is 6.22. The molecule has 2 aromatic rings. The van der Waals surface area contributed by atoms with Gasteiger partial charge in [0.15, 0.2) is 0 Å². The van der Waals surface area contributed by atoms with Gasteiger partial charge in [-0.3, -0.25) is 0 Å². The monoisotopic (exact) mass is 390 g/mol. The summed E-state index contributed by atoms with van der Waals surface area (Å²) in [4.78, 5) is 8.45. The number of hydrogen-bond donors (Lipinski definition) is 2. The van der Waals surface area contributed by atoms with Crippen LogP contribution in [0.4, 0.5) is 5.82 Å². The summed E-state index contributed by atoms with van der Waals surface area (Å²) in [5.74, 6) is 0.336. The van der Waals surface area contributed by atoms with Crippen molar-refractivity contribution in [3.05, 3.63) is 32.8 Å². The molecule has 0 aliphatic rings. The standard InChI is InChI=1S/C12H15BrN4O2S2/c1-3-14-12-11(4-9(13)5-15-12)21(18,19)16-6-10-7-20-8(2)17-10/h4-5,7,16H,3,6H2,1-2H3,(H,14,15). The number of nitrogens with zero attached hydrogens (tertiary/aromatic N) is 2. The van der Waals surface area contributed by atoms with E-state index in [9.17, 15) is 8.42 Å². The lowest BCUT2D eigenvalue weighted by molar-refractivity contribution is 0.580. The summed E-state index contributed by atoms with van der Waals surface area (Å²) < 4.78 is 28.0. The minimum atomic E-state index is -3.66. The molecule has 2 N–H and O–H groups in total. The molecule has 0 amide bonds. The average Bonchev–Trinajstić information content (AvgIpc) is 2.85. The summed E-state index contributed by atoms with van der Waals surface area (Å²) in [5, 5.41) is 5.69. The van der Waals surface area contributed by atoms with E-state index in [4.69, 9.17) is 0 Å². The van der Waals surface area contributed by atoms with Crippen LogP contribution >= 0.6 is 27.3 Å². The fourth-order valence-electron chi connectivity index (χ4n) is 1.66. The smallest absolute Gasteiger partial charge is 0.244 e. The van der Waals surface area contributed by atoms with Crippen molar-refractivity contribution < 1.29 is 8.42 Å². The maximum absolute atomic E-state index is 12.4. The first kappa shape index (κ1) is 16.3. The first-order valence-corrected chi connectivity index (χ1v) is 9.38. The predicted octanol–water partition coefficient (Wildman–Crippen LogP) is 2.52. The normalized spacial score (nSPS) is 11.6. The highest BCUT2D eigenvalue weighted by atomic mass is 79.9. The van der Waals surface area contributed by atoms with E-state index in [0.29, 0.717) is 22.5 Å². The van der Waals surface area contributed by atoms with E-state index in [1.165, 1.54) is 17.4 Å². The zero-order valence-corrected chi connectivity index (χ0v) is 14.8. The zero-order valence-electron chi connectivity index (χ0n) is 11.6. The molecule has 6 nitrogen and oxygen atoms in total. The Hall–Kier alpha value is -1.03. The summed E-state index contributed by atoms with van der Waals surface area (Å²) in [6, 6.07) is 1.53. The molecule has 0 fully saturated rings. The third-order valence-electron chi connectivity index (χ3n) is 2.56. The Morgan fingerprint density at radius 3 is 2.81 bits per heavy atom. The molecule has 0 aromatic carbocycles. The summed E-state index contributed by atoms with van der Waals surface area (Å²) in [6.07, 6.45) is 1.56. The molecular formula is C12H15BrN4O2S2. The van der Waals surface area contributed by atoms with Crippen molar-refractivity contribution in [2.45, 2.75) is 25.3 Å². The lowest BCUT2D eigenvalue weighted by Crippen LogP contribution is -2.25. The summed E-state index contributed by atoms with van der Waals surface area (Å²) >= 11 is 4.73. The minimum absolute atomic E-state index is 0.116. The van der Waals surface area contributed by atoms with E-state index in [1.54, 1.807) is 6.20 Å². The van der Waals surface area contributed by atoms with Gasteiger partial charge in [-0.05, 0) is 35.8 Å². The van der Waals surface area contributed by atoms with Crippen LogP contribution in [0, 0.1) is 6.92 Å². The Kier molecular flexibility index (Phi) is 5.31. The van der Waals surface area contributed by atoms with Crippen LogP contribution in [0.5, 0.6) is 0 Å². The lowest BCUT2D eigenvalue weighted by Gasteiger charge is -2.11. The van der Waals surface area contributed by atoms with Crippen molar-refractivity contribution in [3.8, 4) is 0 Å². The molecular weight excluding hydrogens is 376 g/mol. The minimum Gasteiger partial charge on any atom is -0.369 e. The number of hydrogen-bond acceptors (Lipinski definition) is 6. The highest BCUT2D eigenvalue weighted by Crippen LogP contribution is 2.23. The third kappa shape index (κ3) is 4.22. The summed E-state index contributed by atoms with van der Waals surface area (Å²) in [5.41, 5.74) is 0.703. The van der Waals surface area contributed by atoms with Gasteiger partial charge in [0.1, 0.15) is 10.7 Å². The van der Waals surface area contributed by atoms with Crippen LogP contribution in [-0.2, 0) is 16.6 Å². The van der Waals surface area contributed by atoms with E-state index >= 15 is 0 Å². The topological polar surface area (TPSA) is 84.0 Å². The quantitative estimate of drug-likeness (QED) is 0.791. The molecule has 2 aromatic heterocycles. The fourth-order valence-corrected chi connectivity index (χ4v) is 3.91. The van der Waals surface area contributed by atoms with Gasteiger partial charge in [0, 0.05) is 22.6 Å². The number of halogens is 1. The molecule has 0 atom stereocenters. The number of thiazole rings is 1. The van der Waals surface area contributed by atoms with E-state index < -0.39 is 10.0 Å². The Bertz CT molecular complexity index is 731. The van der Waals surface area contributed by atoms with Gasteiger partial charge in [0.25, 0.3) is 0 Å². The van der Waals surface area contributed by atoms with E-state index in [-0.39, 0.29) is 11.4 Å². The molecule has 0 spiro atoms. The molecule has 0 bridgehead atoms. The van der Waals surface area contributed by atoms with Crippen LogP contribution in [0.15, 0.2) is 27.0 Å². The van der Waals surface area contributed by atoms with E-state index in [2.05, 4.69) is 35.9 Å². The molecule has 0 aliphatic carbocycles. The third-order valence-corrected chi connectivity index (χ3v) is 5.23. The Labute approximate surface area is 136 Å². The average molecular weight is 391 g/mol. The Morgan fingerprint density at radius 1 is 1.43 bits per heavy atom. The van der Waals surface area contributed by atoms with Gasteiger partial charge in [0.05, 0.1) is 17.2 Å². The van der Waals surface area contributed by atoms with E-state index in [1.807, 2.05) is 19.2 Å². The molecule has 0 saturated heterocycles. The second-order valence-electron chi connectivity index (χ2n) is 4.21. The Balaban J connectivity index is 2.24. The lowest BCUT2D eigenvalue weighted by atomic mass is 10.4. The number of pyridine rings is 1. The fraction of sp³-hybridized carbons (Fsp3) is 0.333. The highest BCUT2D eigenvalue weighted by Gasteiger charge is 2.20. The largest absolute Gasteiger partial charge is 0.369 e. The van der Waals surface area contributed by atoms with Gasteiger partial charge >= 0.3 is 0 Å². The second-order valence-corrected chi connectivity index (χ2v) is 7.93. The van der Waals surface area contributed by atoms with Gasteiger partial charge in [-0.25, -0.2) is 23.1 Å². The molecule has 21 heavy (non-hydrogen) atoms. The second kappa shape index (κ2) is 6.82. The number of rotatable bonds is 6. The van der Waals surface area contributed by atoms with E-state index in [0.717, 1.165) is 5.01 Å². The van der Waals surface area contributed by atoms with Crippen LogP contribution in [0.25, 0.3) is 0 Å². The molecule has 0 unspecified atom stereocenters. The molecule has 0 radical (unpaired) electrons. The number of sulfonamides is 1. The molecule has 0 saturated carbocycles. The number of aromatic nitrogens is 2. The number of nitrogens with one attached hydrogen (secondary N) is 2. The molecule has 0 aliphatic heterocycles.